The summed E-state index contributed by atoms with van der Waals surface area (Å²) in [5.41, 5.74) is 1.43. The van der Waals surface area contributed by atoms with Gasteiger partial charge in [-0.05, 0) is 49.2 Å². The highest BCUT2D eigenvalue weighted by Crippen LogP contribution is 2.31. The highest BCUT2D eigenvalue weighted by atomic mass is 32.1. The van der Waals surface area contributed by atoms with E-state index in [0.717, 1.165) is 25.7 Å². The van der Waals surface area contributed by atoms with Gasteiger partial charge in [0.15, 0.2) is 0 Å². The van der Waals surface area contributed by atoms with Gasteiger partial charge in [0.1, 0.15) is 0 Å². The molecule has 1 N–H and O–H groups in total. The van der Waals surface area contributed by atoms with Crippen LogP contribution in [-0.4, -0.2) is 19.8 Å². The lowest BCUT2D eigenvalue weighted by Gasteiger charge is -2.20. The van der Waals surface area contributed by atoms with Gasteiger partial charge < -0.3 is 10.1 Å². The van der Waals surface area contributed by atoms with E-state index >= 15 is 0 Å². The van der Waals surface area contributed by atoms with Crippen LogP contribution in [0.25, 0.3) is 0 Å². The van der Waals surface area contributed by atoms with Crippen molar-refractivity contribution in [3.63, 3.8) is 0 Å². The molecule has 1 aromatic heterocycles. The second-order valence-corrected chi connectivity index (χ2v) is 5.49. The summed E-state index contributed by atoms with van der Waals surface area (Å²) >= 11 is 1.88. The van der Waals surface area contributed by atoms with Crippen molar-refractivity contribution in [2.75, 3.05) is 19.8 Å². The minimum atomic E-state index is 0.525. The van der Waals surface area contributed by atoms with Gasteiger partial charge in [-0.1, -0.05) is 6.92 Å². The number of aryl methyl sites for hydroxylation is 1. The molecule has 2 atom stereocenters. The molecule has 3 heteroatoms. The van der Waals surface area contributed by atoms with Crippen LogP contribution in [0, 0.1) is 12.8 Å². The van der Waals surface area contributed by atoms with Crippen molar-refractivity contribution in [3.05, 3.63) is 21.9 Å². The number of hydrogen-bond acceptors (Lipinski definition) is 3. The number of thiophene rings is 1. The highest BCUT2D eigenvalue weighted by molar-refractivity contribution is 7.10. The molecule has 1 saturated heterocycles. The third-order valence-corrected chi connectivity index (χ3v) is 4.39. The van der Waals surface area contributed by atoms with Crippen LogP contribution in [0.1, 0.15) is 36.2 Å². The average molecular weight is 239 g/mol. The van der Waals surface area contributed by atoms with Crippen LogP contribution in [0.5, 0.6) is 0 Å². The summed E-state index contributed by atoms with van der Waals surface area (Å²) in [4.78, 5) is 1.51. The Kier molecular flexibility index (Phi) is 4.38. The first-order valence-corrected chi connectivity index (χ1v) is 7.04. The summed E-state index contributed by atoms with van der Waals surface area (Å²) in [6.45, 7) is 7.33. The SMILES string of the molecule is CCNC(CC1CCOC1)c1sccc1C. The third-order valence-electron chi connectivity index (χ3n) is 3.26. The van der Waals surface area contributed by atoms with Crippen molar-refractivity contribution < 1.29 is 4.74 Å². The van der Waals surface area contributed by atoms with E-state index in [1.165, 1.54) is 23.3 Å². The normalized spacial score (nSPS) is 22.5. The van der Waals surface area contributed by atoms with Gasteiger partial charge in [0.25, 0.3) is 0 Å². The molecule has 1 aliphatic heterocycles. The van der Waals surface area contributed by atoms with E-state index in [1.807, 2.05) is 11.3 Å². The zero-order valence-corrected chi connectivity index (χ0v) is 11.0. The molecule has 2 unspecified atom stereocenters. The Hall–Kier alpha value is -0.380. The van der Waals surface area contributed by atoms with Crippen molar-refractivity contribution in [2.24, 2.45) is 5.92 Å². The third kappa shape index (κ3) is 2.84. The standard InChI is InChI=1S/C13H21NOS/c1-3-14-12(8-11-4-6-15-9-11)13-10(2)5-7-16-13/h5,7,11-12,14H,3-4,6,8-9H2,1-2H3. The van der Waals surface area contributed by atoms with E-state index < -0.39 is 0 Å². The molecular weight excluding hydrogens is 218 g/mol. The first-order valence-electron chi connectivity index (χ1n) is 6.16. The average Bonchev–Trinajstić information content (AvgIpc) is 2.88. The van der Waals surface area contributed by atoms with Gasteiger partial charge in [0.05, 0.1) is 0 Å². The van der Waals surface area contributed by atoms with E-state index in [0.29, 0.717) is 6.04 Å². The monoisotopic (exact) mass is 239 g/mol. The predicted molar refractivity (Wildman–Crippen MR) is 69.0 cm³/mol. The summed E-state index contributed by atoms with van der Waals surface area (Å²) < 4.78 is 5.46. The van der Waals surface area contributed by atoms with Gasteiger partial charge in [-0.2, -0.15) is 0 Å². The van der Waals surface area contributed by atoms with Crippen LogP contribution < -0.4 is 5.32 Å². The summed E-state index contributed by atoms with van der Waals surface area (Å²) in [5.74, 6) is 0.741. The lowest BCUT2D eigenvalue weighted by molar-refractivity contribution is 0.181. The molecule has 1 fully saturated rings. The van der Waals surface area contributed by atoms with Crippen molar-refractivity contribution in [1.29, 1.82) is 0 Å². The fourth-order valence-electron chi connectivity index (χ4n) is 2.37. The first-order chi connectivity index (χ1) is 7.81. The minimum absolute atomic E-state index is 0.525. The Labute approximate surface area is 102 Å². The summed E-state index contributed by atoms with van der Waals surface area (Å²) in [6, 6.07) is 2.74. The maximum absolute atomic E-state index is 5.46. The largest absolute Gasteiger partial charge is 0.381 e. The Morgan fingerprint density at radius 1 is 1.62 bits per heavy atom. The Morgan fingerprint density at radius 3 is 3.06 bits per heavy atom. The van der Waals surface area contributed by atoms with E-state index in [4.69, 9.17) is 4.74 Å². The summed E-state index contributed by atoms with van der Waals surface area (Å²) in [6.07, 6.45) is 2.45. The molecule has 0 aromatic carbocycles. The second kappa shape index (κ2) is 5.80. The fourth-order valence-corrected chi connectivity index (χ4v) is 3.39. The first kappa shape index (κ1) is 12.1. The Morgan fingerprint density at radius 2 is 2.50 bits per heavy atom. The van der Waals surface area contributed by atoms with Crippen LogP contribution in [0.15, 0.2) is 11.4 Å². The van der Waals surface area contributed by atoms with Crippen molar-refractivity contribution in [3.8, 4) is 0 Å². The molecule has 2 heterocycles. The van der Waals surface area contributed by atoms with Gasteiger partial charge in [-0.25, -0.2) is 0 Å². The predicted octanol–water partition coefficient (Wildman–Crippen LogP) is 3.13. The lowest BCUT2D eigenvalue weighted by atomic mass is 9.97. The molecular formula is C13H21NOS. The van der Waals surface area contributed by atoms with Gasteiger partial charge in [0, 0.05) is 24.1 Å². The van der Waals surface area contributed by atoms with E-state index in [9.17, 15) is 0 Å². The van der Waals surface area contributed by atoms with Crippen LogP contribution in [0.4, 0.5) is 0 Å². The lowest BCUT2D eigenvalue weighted by Crippen LogP contribution is -2.23. The van der Waals surface area contributed by atoms with E-state index in [1.54, 1.807) is 0 Å². The van der Waals surface area contributed by atoms with Crippen LogP contribution in [0.3, 0.4) is 0 Å². The zero-order chi connectivity index (χ0) is 11.4. The van der Waals surface area contributed by atoms with Gasteiger partial charge in [-0.15, -0.1) is 11.3 Å². The molecule has 0 aliphatic carbocycles. The molecule has 0 spiro atoms. The van der Waals surface area contributed by atoms with E-state index in [2.05, 4.69) is 30.6 Å². The molecule has 90 valence electrons. The topological polar surface area (TPSA) is 21.3 Å². The minimum Gasteiger partial charge on any atom is -0.381 e. The maximum Gasteiger partial charge on any atom is 0.0495 e. The quantitative estimate of drug-likeness (QED) is 0.852. The Bertz CT molecular complexity index is 317. The Balaban J connectivity index is 2.01. The second-order valence-electron chi connectivity index (χ2n) is 4.54. The fraction of sp³-hybridized carbons (Fsp3) is 0.692. The molecule has 0 bridgehead atoms. The zero-order valence-electron chi connectivity index (χ0n) is 10.2. The molecule has 0 amide bonds. The molecule has 16 heavy (non-hydrogen) atoms. The number of ether oxygens (including phenoxy) is 1. The summed E-state index contributed by atoms with van der Waals surface area (Å²) in [7, 11) is 0. The van der Waals surface area contributed by atoms with E-state index in [-0.39, 0.29) is 0 Å². The molecule has 0 saturated carbocycles. The number of hydrogen-bond donors (Lipinski definition) is 1. The summed E-state index contributed by atoms with van der Waals surface area (Å²) in [5, 5.41) is 5.80. The van der Waals surface area contributed by atoms with Gasteiger partial charge >= 0.3 is 0 Å². The molecule has 1 aliphatic rings. The van der Waals surface area contributed by atoms with Crippen molar-refractivity contribution in [1.82, 2.24) is 5.32 Å². The van der Waals surface area contributed by atoms with Crippen LogP contribution in [0.2, 0.25) is 0 Å². The van der Waals surface area contributed by atoms with Crippen LogP contribution in [-0.2, 0) is 4.74 Å². The molecule has 0 radical (unpaired) electrons. The van der Waals surface area contributed by atoms with Gasteiger partial charge in [0.2, 0.25) is 0 Å². The molecule has 2 nitrogen and oxygen atoms in total. The number of rotatable bonds is 5. The number of nitrogens with one attached hydrogen (secondary N) is 1. The van der Waals surface area contributed by atoms with Crippen molar-refractivity contribution >= 4 is 11.3 Å². The maximum atomic E-state index is 5.46. The highest BCUT2D eigenvalue weighted by Gasteiger charge is 2.22. The van der Waals surface area contributed by atoms with Gasteiger partial charge in [-0.3, -0.25) is 0 Å². The molecule has 1 aromatic rings. The smallest absolute Gasteiger partial charge is 0.0495 e. The van der Waals surface area contributed by atoms with Crippen LogP contribution >= 0.6 is 11.3 Å². The van der Waals surface area contributed by atoms with Crippen molar-refractivity contribution in [2.45, 2.75) is 32.7 Å². The molecule has 2 rings (SSSR count).